The average molecular weight is 242 g/mol. The number of rotatable bonds is 4. The van der Waals surface area contributed by atoms with E-state index in [0.29, 0.717) is 0 Å². The Bertz CT molecular complexity index is 348. The molecular weight excluding hydrogens is 224 g/mol. The largest absolute Gasteiger partial charge is 0.481 e. The molecule has 5 heteroatoms. The van der Waals surface area contributed by atoms with Crippen LogP contribution in [0.1, 0.15) is 27.7 Å². The highest BCUT2D eigenvalue weighted by Gasteiger charge is 2.30. The summed E-state index contributed by atoms with van der Waals surface area (Å²) in [5, 5.41) is 8.79. The molecule has 0 fully saturated rings. The van der Waals surface area contributed by atoms with Crippen molar-refractivity contribution in [3.05, 3.63) is 0 Å². The van der Waals surface area contributed by atoms with Crippen molar-refractivity contribution in [3.8, 4) is 12.0 Å². The van der Waals surface area contributed by atoms with E-state index in [2.05, 4.69) is 16.8 Å². The standard InChI is InChI=1S/C12H18O5/c1-8(10(13)14)9(2)11(15)17-12(3,4)6-7-16-5/h8-9H,1-5H3,(H,13,14). The van der Waals surface area contributed by atoms with Crippen LogP contribution in [0.5, 0.6) is 0 Å². The predicted molar refractivity (Wildman–Crippen MR) is 60.9 cm³/mol. The number of hydrogen-bond acceptors (Lipinski definition) is 4. The van der Waals surface area contributed by atoms with Gasteiger partial charge in [0.15, 0.2) is 5.60 Å². The lowest BCUT2D eigenvalue weighted by Crippen LogP contribution is -2.33. The molecule has 0 aliphatic rings. The van der Waals surface area contributed by atoms with Gasteiger partial charge in [0.1, 0.15) is 6.11 Å². The first kappa shape index (κ1) is 15.3. The zero-order valence-corrected chi connectivity index (χ0v) is 10.7. The lowest BCUT2D eigenvalue weighted by Gasteiger charge is -2.22. The van der Waals surface area contributed by atoms with E-state index in [0.717, 1.165) is 0 Å². The zero-order chi connectivity index (χ0) is 13.6. The van der Waals surface area contributed by atoms with Crippen molar-refractivity contribution in [2.24, 2.45) is 11.8 Å². The fourth-order valence-corrected chi connectivity index (χ4v) is 0.962. The summed E-state index contributed by atoms with van der Waals surface area (Å²) < 4.78 is 9.68. The van der Waals surface area contributed by atoms with E-state index < -0.39 is 29.4 Å². The van der Waals surface area contributed by atoms with Crippen molar-refractivity contribution in [3.63, 3.8) is 0 Å². The minimum absolute atomic E-state index is 0.588. The first-order valence-corrected chi connectivity index (χ1v) is 5.22. The highest BCUT2D eigenvalue weighted by Crippen LogP contribution is 2.17. The Balaban J connectivity index is 4.59. The zero-order valence-electron chi connectivity index (χ0n) is 10.7. The lowest BCUT2D eigenvalue weighted by molar-refractivity contribution is -0.162. The van der Waals surface area contributed by atoms with E-state index >= 15 is 0 Å². The molecule has 0 aliphatic heterocycles. The number of carboxylic acids is 1. The third-order valence-corrected chi connectivity index (χ3v) is 2.32. The number of esters is 1. The first-order chi connectivity index (χ1) is 7.71. The van der Waals surface area contributed by atoms with Gasteiger partial charge in [0.05, 0.1) is 18.9 Å². The van der Waals surface area contributed by atoms with Crippen LogP contribution < -0.4 is 0 Å². The molecule has 0 heterocycles. The van der Waals surface area contributed by atoms with Crippen LogP contribution in [-0.4, -0.2) is 29.8 Å². The normalized spacial score (nSPS) is 13.9. The van der Waals surface area contributed by atoms with Gasteiger partial charge in [-0.15, -0.1) is 0 Å². The van der Waals surface area contributed by atoms with Gasteiger partial charge in [-0.05, 0) is 19.8 Å². The Morgan fingerprint density at radius 3 is 2.18 bits per heavy atom. The fraction of sp³-hybridized carbons (Fsp3) is 0.667. The Labute approximate surface area is 101 Å². The van der Waals surface area contributed by atoms with Crippen molar-refractivity contribution in [2.75, 3.05) is 7.11 Å². The molecule has 0 radical (unpaired) electrons. The minimum Gasteiger partial charge on any atom is -0.481 e. The maximum Gasteiger partial charge on any atom is 0.311 e. The molecule has 5 nitrogen and oxygen atoms in total. The van der Waals surface area contributed by atoms with Crippen LogP contribution in [-0.2, 0) is 19.1 Å². The molecule has 0 aromatic rings. The minimum atomic E-state index is -1.03. The van der Waals surface area contributed by atoms with Crippen molar-refractivity contribution in [1.29, 1.82) is 0 Å². The van der Waals surface area contributed by atoms with Gasteiger partial charge in [0.25, 0.3) is 0 Å². The van der Waals surface area contributed by atoms with Crippen LogP contribution in [0.2, 0.25) is 0 Å². The maximum atomic E-state index is 11.7. The van der Waals surface area contributed by atoms with E-state index in [1.54, 1.807) is 13.8 Å². The Kier molecular flexibility index (Phi) is 5.52. The van der Waals surface area contributed by atoms with Gasteiger partial charge < -0.3 is 14.6 Å². The number of carbonyl (C=O) groups excluding carboxylic acids is 1. The molecule has 0 saturated heterocycles. The Hall–Kier alpha value is -1.70. The molecule has 0 aliphatic carbocycles. The molecule has 0 bridgehead atoms. The molecule has 2 atom stereocenters. The lowest BCUT2D eigenvalue weighted by atomic mass is 9.96. The number of methoxy groups -OCH3 is 1. The van der Waals surface area contributed by atoms with E-state index in [9.17, 15) is 9.59 Å². The molecule has 17 heavy (non-hydrogen) atoms. The second-order valence-electron chi connectivity index (χ2n) is 4.28. The van der Waals surface area contributed by atoms with E-state index in [1.165, 1.54) is 21.0 Å². The summed E-state index contributed by atoms with van der Waals surface area (Å²) in [4.78, 5) is 22.4. The summed E-state index contributed by atoms with van der Waals surface area (Å²) >= 11 is 0. The first-order valence-electron chi connectivity index (χ1n) is 5.22. The number of carboxylic acid groups (broad SMARTS) is 1. The van der Waals surface area contributed by atoms with Crippen LogP contribution >= 0.6 is 0 Å². The molecule has 0 aromatic heterocycles. The van der Waals surface area contributed by atoms with E-state index in [-0.39, 0.29) is 0 Å². The number of hydrogen-bond donors (Lipinski definition) is 1. The molecule has 0 saturated carbocycles. The summed E-state index contributed by atoms with van der Waals surface area (Å²) in [7, 11) is 1.40. The van der Waals surface area contributed by atoms with Gasteiger partial charge in [-0.3, -0.25) is 9.59 Å². The molecular formula is C12H18O5. The molecule has 0 aromatic carbocycles. The summed E-state index contributed by atoms with van der Waals surface area (Å²) in [5.41, 5.74) is -1.00. The molecule has 0 rings (SSSR count). The van der Waals surface area contributed by atoms with Gasteiger partial charge >= 0.3 is 11.9 Å². The number of carbonyl (C=O) groups is 2. The number of aliphatic carboxylic acids is 1. The fourth-order valence-electron chi connectivity index (χ4n) is 0.962. The van der Waals surface area contributed by atoms with Gasteiger partial charge in [-0.25, -0.2) is 0 Å². The van der Waals surface area contributed by atoms with Gasteiger partial charge in [0, 0.05) is 0 Å². The van der Waals surface area contributed by atoms with Crippen molar-refractivity contribution in [1.82, 2.24) is 0 Å². The summed E-state index contributed by atoms with van der Waals surface area (Å²) in [5.74, 6) is -0.543. The quantitative estimate of drug-likeness (QED) is 0.593. The molecule has 0 spiro atoms. The third kappa shape index (κ3) is 5.25. The van der Waals surface area contributed by atoms with Gasteiger partial charge in [-0.2, -0.15) is 0 Å². The second kappa shape index (κ2) is 6.14. The Morgan fingerprint density at radius 2 is 1.76 bits per heavy atom. The van der Waals surface area contributed by atoms with Crippen LogP contribution in [0.3, 0.4) is 0 Å². The van der Waals surface area contributed by atoms with Crippen molar-refractivity contribution in [2.45, 2.75) is 33.3 Å². The van der Waals surface area contributed by atoms with E-state index in [1.807, 2.05) is 0 Å². The summed E-state index contributed by atoms with van der Waals surface area (Å²) in [6.45, 7) is 6.19. The van der Waals surface area contributed by atoms with Gasteiger partial charge in [0.2, 0.25) is 0 Å². The highest BCUT2D eigenvalue weighted by atomic mass is 16.6. The summed E-state index contributed by atoms with van der Waals surface area (Å²) in [6, 6.07) is 0. The van der Waals surface area contributed by atoms with Crippen molar-refractivity contribution >= 4 is 11.9 Å². The summed E-state index contributed by atoms with van der Waals surface area (Å²) in [6.07, 6.45) is 2.34. The smallest absolute Gasteiger partial charge is 0.311 e. The SMILES string of the molecule is COC#CC(C)(C)OC(=O)C(C)C(C)C(=O)O. The van der Waals surface area contributed by atoms with Gasteiger partial charge in [-0.1, -0.05) is 13.8 Å². The Morgan fingerprint density at radius 1 is 1.24 bits per heavy atom. The molecule has 96 valence electrons. The van der Waals surface area contributed by atoms with Crippen LogP contribution in [0, 0.1) is 23.9 Å². The van der Waals surface area contributed by atoms with Crippen LogP contribution in [0.15, 0.2) is 0 Å². The van der Waals surface area contributed by atoms with Crippen LogP contribution in [0.25, 0.3) is 0 Å². The molecule has 0 amide bonds. The average Bonchev–Trinajstić information content (AvgIpc) is 2.23. The highest BCUT2D eigenvalue weighted by molar-refractivity contribution is 5.80. The maximum absolute atomic E-state index is 11.7. The monoisotopic (exact) mass is 242 g/mol. The third-order valence-electron chi connectivity index (χ3n) is 2.32. The predicted octanol–water partition coefficient (Wildman–Crippen LogP) is 1.27. The molecule has 1 N–H and O–H groups in total. The van der Waals surface area contributed by atoms with Crippen molar-refractivity contribution < 1.29 is 24.2 Å². The molecule has 2 unspecified atom stereocenters. The van der Waals surface area contributed by atoms with Crippen LogP contribution in [0.4, 0.5) is 0 Å². The van der Waals surface area contributed by atoms with E-state index in [4.69, 9.17) is 9.84 Å². The topological polar surface area (TPSA) is 72.8 Å². The second-order valence-corrected chi connectivity index (χ2v) is 4.28. The number of ether oxygens (including phenoxy) is 2.